The summed E-state index contributed by atoms with van der Waals surface area (Å²) in [4.78, 5) is 0. The maximum Gasteiger partial charge on any atom is 0.233 e. The largest absolute Gasteiger partial charge is 0.381 e. The summed E-state index contributed by atoms with van der Waals surface area (Å²) < 4.78 is 28.0. The molecule has 0 N–H and O–H groups in total. The Balaban J connectivity index is 4.22. The number of hydrogen-bond donors (Lipinski definition) is 0. The van der Waals surface area contributed by atoms with Crippen molar-refractivity contribution < 1.29 is 13.2 Å². The molecular formula is C12H25ClO3S. The molecule has 0 atom stereocenters. The fourth-order valence-electron chi connectivity index (χ4n) is 1.81. The number of halogens is 1. The second-order valence-corrected chi connectivity index (χ2v) is 7.43. The molecule has 3 nitrogen and oxygen atoms in total. The lowest BCUT2D eigenvalue weighted by Crippen LogP contribution is -2.32. The van der Waals surface area contributed by atoms with Crippen molar-refractivity contribution in [2.24, 2.45) is 5.41 Å². The van der Waals surface area contributed by atoms with Crippen LogP contribution >= 0.6 is 10.7 Å². The van der Waals surface area contributed by atoms with Crippen LogP contribution in [-0.2, 0) is 13.8 Å². The highest BCUT2D eigenvalue weighted by Gasteiger charge is 2.31. The third kappa shape index (κ3) is 8.01. The standard InChI is InChI=1S/C12H25ClO3S/c1-4-7-8-9-16-10-12(5-2,6-3)11-17(13,14)15/h4-11H2,1-3H3. The highest BCUT2D eigenvalue weighted by Crippen LogP contribution is 2.30. The summed E-state index contributed by atoms with van der Waals surface area (Å²) in [5, 5.41) is 0. The van der Waals surface area contributed by atoms with E-state index in [1.807, 2.05) is 13.8 Å². The van der Waals surface area contributed by atoms with Gasteiger partial charge in [0.25, 0.3) is 0 Å². The predicted octanol–water partition coefficient (Wildman–Crippen LogP) is 3.57. The minimum atomic E-state index is -3.46. The van der Waals surface area contributed by atoms with Gasteiger partial charge in [-0.3, -0.25) is 0 Å². The molecule has 0 saturated heterocycles. The van der Waals surface area contributed by atoms with Crippen LogP contribution < -0.4 is 0 Å². The molecule has 0 spiro atoms. The molecule has 17 heavy (non-hydrogen) atoms. The van der Waals surface area contributed by atoms with Gasteiger partial charge in [0.2, 0.25) is 9.05 Å². The maximum atomic E-state index is 11.2. The Hall–Kier alpha value is 0.200. The van der Waals surface area contributed by atoms with Gasteiger partial charge in [-0.15, -0.1) is 0 Å². The first-order valence-electron chi connectivity index (χ1n) is 6.39. The van der Waals surface area contributed by atoms with Crippen LogP contribution in [0.3, 0.4) is 0 Å². The summed E-state index contributed by atoms with van der Waals surface area (Å²) >= 11 is 0. The molecule has 0 aliphatic heterocycles. The quantitative estimate of drug-likeness (QED) is 0.455. The molecule has 104 valence electrons. The van der Waals surface area contributed by atoms with Crippen LogP contribution in [0.1, 0.15) is 52.9 Å². The maximum absolute atomic E-state index is 11.2. The molecule has 0 saturated carbocycles. The molecule has 0 rings (SSSR count). The topological polar surface area (TPSA) is 43.4 Å². The molecule has 0 fully saturated rings. The van der Waals surface area contributed by atoms with Gasteiger partial charge in [-0.25, -0.2) is 8.42 Å². The molecule has 0 unspecified atom stereocenters. The monoisotopic (exact) mass is 284 g/mol. The van der Waals surface area contributed by atoms with E-state index in [0.29, 0.717) is 13.2 Å². The zero-order valence-electron chi connectivity index (χ0n) is 11.2. The van der Waals surface area contributed by atoms with Crippen molar-refractivity contribution in [1.82, 2.24) is 0 Å². The first kappa shape index (κ1) is 17.2. The third-order valence-corrected chi connectivity index (χ3v) is 4.56. The zero-order valence-corrected chi connectivity index (χ0v) is 12.7. The van der Waals surface area contributed by atoms with Gasteiger partial charge in [-0.05, 0) is 19.3 Å². The summed E-state index contributed by atoms with van der Waals surface area (Å²) in [7, 11) is 1.89. The fraction of sp³-hybridized carbons (Fsp3) is 1.00. The van der Waals surface area contributed by atoms with Crippen LogP contribution in [0.5, 0.6) is 0 Å². The minimum Gasteiger partial charge on any atom is -0.381 e. The predicted molar refractivity (Wildman–Crippen MR) is 73.0 cm³/mol. The second kappa shape index (κ2) is 8.33. The molecule has 0 amide bonds. The SMILES string of the molecule is CCCCCOCC(CC)(CC)CS(=O)(=O)Cl. The van der Waals surface area contributed by atoms with Crippen LogP contribution in [-0.4, -0.2) is 27.4 Å². The number of hydrogen-bond acceptors (Lipinski definition) is 3. The number of unbranched alkanes of at least 4 members (excludes halogenated alkanes) is 2. The summed E-state index contributed by atoms with van der Waals surface area (Å²) in [6, 6.07) is 0. The van der Waals surface area contributed by atoms with Gasteiger partial charge >= 0.3 is 0 Å². The Kier molecular flexibility index (Phi) is 8.43. The van der Waals surface area contributed by atoms with Crippen molar-refractivity contribution in [2.45, 2.75) is 52.9 Å². The second-order valence-electron chi connectivity index (χ2n) is 4.65. The molecule has 0 aliphatic carbocycles. The fourth-order valence-corrected chi connectivity index (χ4v) is 3.73. The van der Waals surface area contributed by atoms with Crippen LogP contribution in [0, 0.1) is 5.41 Å². The van der Waals surface area contributed by atoms with E-state index in [1.54, 1.807) is 0 Å². The van der Waals surface area contributed by atoms with Crippen molar-refractivity contribution in [1.29, 1.82) is 0 Å². The van der Waals surface area contributed by atoms with Crippen LogP contribution in [0.15, 0.2) is 0 Å². The van der Waals surface area contributed by atoms with Gasteiger partial charge in [0.05, 0.1) is 12.4 Å². The van der Waals surface area contributed by atoms with E-state index < -0.39 is 9.05 Å². The molecule has 0 bridgehead atoms. The molecule has 5 heteroatoms. The molecule has 0 heterocycles. The summed E-state index contributed by atoms with van der Waals surface area (Å²) in [6.45, 7) is 7.30. The van der Waals surface area contributed by atoms with Gasteiger partial charge in [-0.1, -0.05) is 33.6 Å². The summed E-state index contributed by atoms with van der Waals surface area (Å²) in [6.07, 6.45) is 4.88. The Morgan fingerprint density at radius 3 is 2.12 bits per heavy atom. The van der Waals surface area contributed by atoms with Gasteiger partial charge in [-0.2, -0.15) is 0 Å². The lowest BCUT2D eigenvalue weighted by Gasteiger charge is -2.29. The van der Waals surface area contributed by atoms with Crippen molar-refractivity contribution in [3.05, 3.63) is 0 Å². The van der Waals surface area contributed by atoms with E-state index >= 15 is 0 Å². The Bertz CT molecular complexity index is 284. The van der Waals surface area contributed by atoms with Crippen LogP contribution in [0.4, 0.5) is 0 Å². The first-order chi connectivity index (χ1) is 7.89. The van der Waals surface area contributed by atoms with Gasteiger partial charge in [0.15, 0.2) is 0 Å². The van der Waals surface area contributed by atoms with E-state index in [9.17, 15) is 8.42 Å². The minimum absolute atomic E-state index is 0.00231. The average Bonchev–Trinajstić information content (AvgIpc) is 2.25. The van der Waals surface area contributed by atoms with E-state index in [2.05, 4.69) is 6.92 Å². The van der Waals surface area contributed by atoms with Crippen molar-refractivity contribution in [3.8, 4) is 0 Å². The average molecular weight is 285 g/mol. The number of rotatable bonds is 10. The summed E-state index contributed by atoms with van der Waals surface area (Å²) in [5.74, 6) is 0.00231. The normalized spacial score (nSPS) is 12.9. The van der Waals surface area contributed by atoms with Crippen LogP contribution in [0.2, 0.25) is 0 Å². The highest BCUT2D eigenvalue weighted by atomic mass is 35.7. The van der Waals surface area contributed by atoms with E-state index in [-0.39, 0.29) is 11.2 Å². The molecular weight excluding hydrogens is 260 g/mol. The van der Waals surface area contributed by atoms with E-state index in [4.69, 9.17) is 15.4 Å². The van der Waals surface area contributed by atoms with Crippen LogP contribution in [0.25, 0.3) is 0 Å². The third-order valence-electron chi connectivity index (χ3n) is 3.28. The Labute approximate surface area is 110 Å². The van der Waals surface area contributed by atoms with E-state index in [1.165, 1.54) is 0 Å². The molecule has 0 aromatic heterocycles. The molecule has 0 aliphatic rings. The number of ether oxygens (including phenoxy) is 1. The van der Waals surface area contributed by atoms with Gasteiger partial charge < -0.3 is 4.74 Å². The Morgan fingerprint density at radius 1 is 1.12 bits per heavy atom. The van der Waals surface area contributed by atoms with Crippen molar-refractivity contribution in [2.75, 3.05) is 19.0 Å². The molecule has 0 radical (unpaired) electrons. The van der Waals surface area contributed by atoms with Gasteiger partial charge in [0.1, 0.15) is 0 Å². The van der Waals surface area contributed by atoms with E-state index in [0.717, 1.165) is 32.1 Å². The lowest BCUT2D eigenvalue weighted by atomic mass is 9.85. The van der Waals surface area contributed by atoms with Crippen molar-refractivity contribution >= 4 is 19.7 Å². The molecule has 0 aromatic carbocycles. The smallest absolute Gasteiger partial charge is 0.233 e. The summed E-state index contributed by atoms with van der Waals surface area (Å²) in [5.41, 5.74) is -0.327. The highest BCUT2D eigenvalue weighted by molar-refractivity contribution is 8.13. The Morgan fingerprint density at radius 2 is 1.71 bits per heavy atom. The zero-order chi connectivity index (χ0) is 13.4. The lowest BCUT2D eigenvalue weighted by molar-refractivity contribution is 0.0482. The first-order valence-corrected chi connectivity index (χ1v) is 8.87. The van der Waals surface area contributed by atoms with Crippen molar-refractivity contribution in [3.63, 3.8) is 0 Å². The molecule has 0 aromatic rings. The van der Waals surface area contributed by atoms with Gasteiger partial charge in [0, 0.05) is 22.7 Å².